The molecule has 2 aromatic heterocycles. The number of phenols is 1. The van der Waals surface area contributed by atoms with Gasteiger partial charge in [-0.05, 0) is 71.7 Å². The zero-order valence-electron chi connectivity index (χ0n) is 40.3. The number of phenolic OH excluding ortho intramolecular Hbond substituents is 1. The van der Waals surface area contributed by atoms with Gasteiger partial charge in [0.25, 0.3) is 0 Å². The quantitative estimate of drug-likeness (QED) is 0.0212. The number of rotatable bonds is 28. The fraction of sp³-hybridized carbons (Fsp3) is 0.339. The number of hydrogen-bond donors (Lipinski definition) is 7. The number of carbonyl (C=O) groups excluding carboxylic acids is 4. The average molecular weight is 963 g/mol. The van der Waals surface area contributed by atoms with Crippen LogP contribution in [-0.4, -0.2) is 85.1 Å². The van der Waals surface area contributed by atoms with Crippen molar-refractivity contribution >= 4 is 29.6 Å². The van der Waals surface area contributed by atoms with Crippen LogP contribution in [0.2, 0.25) is 0 Å². The lowest BCUT2D eigenvalue weighted by molar-refractivity contribution is -0.142. The molecule has 4 amide bonds. The summed E-state index contributed by atoms with van der Waals surface area (Å²) in [4.78, 5) is 76.4. The third kappa shape index (κ3) is 15.2. The number of nitrogens with zero attached hydrogens (tertiary/aromatic N) is 3. The summed E-state index contributed by atoms with van der Waals surface area (Å²) < 4.78 is 2.03. The highest BCUT2D eigenvalue weighted by molar-refractivity contribution is 5.94. The largest absolute Gasteiger partial charge is 0.508 e. The van der Waals surface area contributed by atoms with Crippen LogP contribution >= 0.6 is 0 Å². The van der Waals surface area contributed by atoms with Crippen LogP contribution in [0, 0.1) is 0 Å². The Labute approximate surface area is 415 Å². The fourth-order valence-electron chi connectivity index (χ4n) is 8.76. The number of aromatic hydroxyl groups is 1. The van der Waals surface area contributed by atoms with E-state index in [2.05, 4.69) is 69.6 Å². The van der Waals surface area contributed by atoms with E-state index in [1.165, 1.54) is 12.1 Å². The number of nitrogens with two attached hydrogens (primary N) is 1. The van der Waals surface area contributed by atoms with Gasteiger partial charge in [-0.15, -0.1) is 0 Å². The Kier molecular flexibility index (Phi) is 20.0. The lowest BCUT2D eigenvalue weighted by Crippen LogP contribution is -2.58. The molecular weight excluding hydrogens is 897 g/mol. The zero-order valence-corrected chi connectivity index (χ0v) is 40.3. The molecule has 0 saturated carbocycles. The van der Waals surface area contributed by atoms with E-state index in [1.807, 2.05) is 65.4 Å². The number of aromatic nitrogens is 3. The van der Waals surface area contributed by atoms with Gasteiger partial charge in [0.2, 0.25) is 23.6 Å². The molecule has 0 fully saturated rings. The van der Waals surface area contributed by atoms with E-state index in [9.17, 15) is 34.2 Å². The molecule has 15 nitrogen and oxygen atoms in total. The minimum absolute atomic E-state index is 0.00719. The van der Waals surface area contributed by atoms with Gasteiger partial charge in [-0.25, -0.2) is 9.78 Å². The highest BCUT2D eigenvalue weighted by atomic mass is 16.4. The van der Waals surface area contributed by atoms with E-state index >= 15 is 0 Å². The number of carboxylic acids is 1. The molecule has 15 heteroatoms. The van der Waals surface area contributed by atoms with Crippen molar-refractivity contribution in [2.75, 3.05) is 6.54 Å². The van der Waals surface area contributed by atoms with Gasteiger partial charge < -0.3 is 41.8 Å². The first-order valence-electron chi connectivity index (χ1n) is 24.5. The van der Waals surface area contributed by atoms with Crippen molar-refractivity contribution in [2.45, 2.75) is 114 Å². The Balaban J connectivity index is 1.21. The summed E-state index contributed by atoms with van der Waals surface area (Å²) in [5.74, 6) is -3.39. The molecule has 6 aromatic rings. The van der Waals surface area contributed by atoms with Gasteiger partial charge in [-0.2, -0.15) is 0 Å². The maximum atomic E-state index is 14.4. The summed E-state index contributed by atoms with van der Waals surface area (Å²) in [6.45, 7) is 2.52. The van der Waals surface area contributed by atoms with Gasteiger partial charge in [-0.3, -0.25) is 24.2 Å². The molecule has 0 aliphatic rings. The third-order valence-electron chi connectivity index (χ3n) is 12.5. The first kappa shape index (κ1) is 52.7. The normalized spacial score (nSPS) is 13.0. The van der Waals surface area contributed by atoms with Crippen LogP contribution in [-0.2, 0) is 48.8 Å². The molecule has 71 heavy (non-hydrogen) atoms. The lowest BCUT2D eigenvalue weighted by atomic mass is 9.77. The van der Waals surface area contributed by atoms with Gasteiger partial charge in [0.05, 0.1) is 18.1 Å². The standard InChI is InChI=1S/C56H66N8O7/c1-2-3-4-5-15-27-51(66)59-33-17-16-26-48(53(68)62-49(35-41-19-18-32-58-37-41)54(69)63-50(55(70)71)34-40-28-30-46(65)31-29-40)61-52(67)47(57)36-45-38-64(39-60-45)56(42-20-9-6-10-21-42,43-22-11-7-12-23-43)44-24-13-8-14-25-44/h6-14,18-25,28-32,37-39,47-50,65H,2-5,15-17,26-27,33-36,57H2,1H3,(H,59,66)(H,61,67)(H,62,68)(H,63,69)(H,70,71). The molecule has 0 spiro atoms. The van der Waals surface area contributed by atoms with Gasteiger partial charge in [-0.1, -0.05) is 142 Å². The van der Waals surface area contributed by atoms with Crippen molar-refractivity contribution in [1.82, 2.24) is 35.8 Å². The van der Waals surface area contributed by atoms with Crippen molar-refractivity contribution in [1.29, 1.82) is 0 Å². The van der Waals surface area contributed by atoms with Gasteiger partial charge in [0, 0.05) is 50.8 Å². The molecule has 6 rings (SSSR count). The second-order valence-electron chi connectivity index (χ2n) is 17.9. The van der Waals surface area contributed by atoms with E-state index in [0.29, 0.717) is 42.6 Å². The van der Waals surface area contributed by atoms with Crippen LogP contribution < -0.4 is 27.0 Å². The second-order valence-corrected chi connectivity index (χ2v) is 17.9. The zero-order chi connectivity index (χ0) is 50.4. The highest BCUT2D eigenvalue weighted by Gasteiger charge is 2.39. The predicted molar refractivity (Wildman–Crippen MR) is 272 cm³/mol. The summed E-state index contributed by atoms with van der Waals surface area (Å²) in [5.41, 5.74) is 10.5. The van der Waals surface area contributed by atoms with Gasteiger partial charge in [0.15, 0.2) is 0 Å². The number of benzene rings is 4. The van der Waals surface area contributed by atoms with Crippen molar-refractivity contribution in [2.24, 2.45) is 5.73 Å². The Morgan fingerprint density at radius 3 is 1.80 bits per heavy atom. The van der Waals surface area contributed by atoms with E-state index in [1.54, 1.807) is 43.0 Å². The molecule has 0 bridgehead atoms. The molecule has 8 N–H and O–H groups in total. The monoisotopic (exact) mass is 963 g/mol. The van der Waals surface area contributed by atoms with Crippen LogP contribution in [0.25, 0.3) is 0 Å². The summed E-state index contributed by atoms with van der Waals surface area (Å²) in [6.07, 6.45) is 13.3. The number of amides is 4. The van der Waals surface area contributed by atoms with E-state index in [-0.39, 0.29) is 37.3 Å². The number of pyridine rings is 1. The number of imidazole rings is 1. The molecule has 2 heterocycles. The molecular formula is C56H66N8O7. The van der Waals surface area contributed by atoms with Gasteiger partial charge in [0.1, 0.15) is 29.4 Å². The lowest BCUT2D eigenvalue weighted by Gasteiger charge is -2.37. The molecule has 0 saturated heterocycles. The van der Waals surface area contributed by atoms with Crippen LogP contribution in [0.15, 0.2) is 152 Å². The first-order chi connectivity index (χ1) is 34.5. The Bertz CT molecular complexity index is 2500. The van der Waals surface area contributed by atoms with E-state index in [0.717, 1.165) is 48.8 Å². The summed E-state index contributed by atoms with van der Waals surface area (Å²) in [7, 11) is 0. The average Bonchev–Trinajstić information content (AvgIpc) is 3.85. The number of aliphatic carboxylic acids is 1. The van der Waals surface area contributed by atoms with E-state index in [4.69, 9.17) is 10.7 Å². The Hall–Kier alpha value is -7.65. The van der Waals surface area contributed by atoms with Crippen molar-refractivity contribution in [3.05, 3.63) is 186 Å². The smallest absolute Gasteiger partial charge is 0.326 e. The van der Waals surface area contributed by atoms with Gasteiger partial charge >= 0.3 is 5.97 Å². The molecule has 4 aromatic carbocycles. The number of unbranched alkanes of at least 4 members (excludes halogenated alkanes) is 5. The molecule has 4 unspecified atom stereocenters. The molecule has 0 aliphatic carbocycles. The van der Waals surface area contributed by atoms with Crippen LogP contribution in [0.4, 0.5) is 0 Å². The molecule has 372 valence electrons. The highest BCUT2D eigenvalue weighted by Crippen LogP contribution is 2.40. The summed E-state index contributed by atoms with van der Waals surface area (Å²) >= 11 is 0. The summed E-state index contributed by atoms with van der Waals surface area (Å²) in [6, 6.07) is 34.7. The third-order valence-corrected chi connectivity index (χ3v) is 12.5. The minimum atomic E-state index is -1.37. The topological polar surface area (TPSA) is 231 Å². The second kappa shape index (κ2) is 26.9. The van der Waals surface area contributed by atoms with Crippen molar-refractivity contribution in [3.63, 3.8) is 0 Å². The number of nitrogens with one attached hydrogen (secondary N) is 4. The predicted octanol–water partition coefficient (Wildman–Crippen LogP) is 6.37. The van der Waals surface area contributed by atoms with Crippen molar-refractivity contribution in [3.8, 4) is 5.75 Å². The molecule has 4 atom stereocenters. The Morgan fingerprint density at radius 1 is 0.634 bits per heavy atom. The SMILES string of the molecule is CCCCCCCC(=O)NCCCCC(NC(=O)C(N)Cc1cn(C(c2ccccc2)(c2ccccc2)c2ccccc2)cn1)C(=O)NC(Cc1cccnc1)C(=O)NC(Cc1ccc(O)cc1)C(=O)O. The molecule has 0 radical (unpaired) electrons. The van der Waals surface area contributed by atoms with Crippen molar-refractivity contribution < 1.29 is 34.2 Å². The maximum Gasteiger partial charge on any atom is 0.326 e. The van der Waals surface area contributed by atoms with Crippen LogP contribution in [0.1, 0.15) is 98.2 Å². The minimum Gasteiger partial charge on any atom is -0.508 e. The Morgan fingerprint density at radius 2 is 1.21 bits per heavy atom. The molecule has 0 aliphatic heterocycles. The number of carboxylic acid groups (broad SMARTS) is 1. The van der Waals surface area contributed by atoms with Crippen LogP contribution in [0.5, 0.6) is 5.75 Å². The number of hydrogen-bond acceptors (Lipinski definition) is 9. The summed E-state index contributed by atoms with van der Waals surface area (Å²) in [5, 5.41) is 31.0. The first-order valence-corrected chi connectivity index (χ1v) is 24.5. The fourth-order valence-corrected chi connectivity index (χ4v) is 8.76. The number of carbonyl (C=O) groups is 5. The van der Waals surface area contributed by atoms with E-state index < -0.39 is 53.4 Å². The van der Waals surface area contributed by atoms with Crippen LogP contribution in [0.3, 0.4) is 0 Å². The maximum absolute atomic E-state index is 14.4.